The molecule has 7 nitrogen and oxygen atoms in total. The van der Waals surface area contributed by atoms with Crippen molar-refractivity contribution in [1.29, 1.82) is 0 Å². The average Bonchev–Trinajstić information content (AvgIpc) is 2.77. The standard InChI is InChI=1S/C24H43Cl3O7/c1-8-11-14-30-15-17(4)19(34-22(29)33-16-24(25,26)27)18(5)20(28)23(6,7)21(31-12-9-2)32-13-10-3/h17-19,21H,8-16H2,1-7H3/t17-,18+,19-/m0/s1. The molecule has 34 heavy (non-hydrogen) atoms. The smallest absolute Gasteiger partial charge is 0.430 e. The van der Waals surface area contributed by atoms with Crippen molar-refractivity contribution >= 4 is 46.7 Å². The van der Waals surface area contributed by atoms with Crippen LogP contribution in [-0.2, 0) is 28.5 Å². The molecule has 3 atom stereocenters. The van der Waals surface area contributed by atoms with Crippen molar-refractivity contribution in [2.75, 3.05) is 33.0 Å². The molecule has 0 amide bonds. The molecule has 0 aromatic heterocycles. The quantitative estimate of drug-likeness (QED) is 0.0810. The van der Waals surface area contributed by atoms with E-state index in [0.717, 1.165) is 25.7 Å². The maximum Gasteiger partial charge on any atom is 0.508 e. The first kappa shape index (κ1) is 33.7. The number of halogens is 3. The number of hydrogen-bond acceptors (Lipinski definition) is 7. The molecule has 0 spiro atoms. The molecule has 0 N–H and O–H groups in total. The number of hydrogen-bond donors (Lipinski definition) is 0. The maximum absolute atomic E-state index is 13.7. The van der Waals surface area contributed by atoms with Crippen LogP contribution in [0.3, 0.4) is 0 Å². The average molecular weight is 550 g/mol. The van der Waals surface area contributed by atoms with Gasteiger partial charge in [0.1, 0.15) is 18.5 Å². The van der Waals surface area contributed by atoms with E-state index in [1.165, 1.54) is 0 Å². The highest BCUT2D eigenvalue weighted by Crippen LogP contribution is 2.33. The zero-order chi connectivity index (χ0) is 26.4. The topological polar surface area (TPSA) is 80.3 Å². The summed E-state index contributed by atoms with van der Waals surface area (Å²) in [5.74, 6) is -1.15. The number of alkyl halides is 3. The lowest BCUT2D eigenvalue weighted by Gasteiger charge is -2.37. The minimum absolute atomic E-state index is 0.163. The number of unbranched alkanes of at least 4 members (excludes halogenated alkanes) is 1. The monoisotopic (exact) mass is 548 g/mol. The van der Waals surface area contributed by atoms with Crippen LogP contribution in [0.4, 0.5) is 4.79 Å². The molecule has 0 aromatic carbocycles. The van der Waals surface area contributed by atoms with Crippen LogP contribution in [0.1, 0.15) is 74.1 Å². The lowest BCUT2D eigenvalue weighted by Crippen LogP contribution is -2.48. The Bertz CT molecular complexity index is 573. The van der Waals surface area contributed by atoms with Crippen LogP contribution in [0.2, 0.25) is 0 Å². The Morgan fingerprint density at radius 1 is 0.882 bits per heavy atom. The van der Waals surface area contributed by atoms with E-state index in [2.05, 4.69) is 6.92 Å². The zero-order valence-electron chi connectivity index (χ0n) is 21.7. The van der Waals surface area contributed by atoms with Gasteiger partial charge in [-0.1, -0.05) is 75.8 Å². The summed E-state index contributed by atoms with van der Waals surface area (Å²) >= 11 is 17.0. The summed E-state index contributed by atoms with van der Waals surface area (Å²) in [6.07, 6.45) is 0.922. The Kier molecular flexibility index (Phi) is 17.0. The first-order chi connectivity index (χ1) is 15.8. The molecule has 202 valence electrons. The molecule has 0 radical (unpaired) electrons. The largest absolute Gasteiger partial charge is 0.508 e. The molecule has 0 saturated heterocycles. The van der Waals surface area contributed by atoms with Gasteiger partial charge in [-0.05, 0) is 33.1 Å². The molecule has 0 aromatic rings. The van der Waals surface area contributed by atoms with Crippen LogP contribution in [0, 0.1) is 17.3 Å². The van der Waals surface area contributed by atoms with Gasteiger partial charge in [0.05, 0.1) is 17.9 Å². The number of ketones is 1. The molecule has 0 saturated carbocycles. The van der Waals surface area contributed by atoms with Crippen molar-refractivity contribution in [2.45, 2.75) is 90.3 Å². The summed E-state index contributed by atoms with van der Waals surface area (Å²) in [6, 6.07) is 0. The van der Waals surface area contributed by atoms with Crippen LogP contribution in [0.15, 0.2) is 0 Å². The molecule has 0 heterocycles. The maximum atomic E-state index is 13.7. The van der Waals surface area contributed by atoms with Crippen LogP contribution in [-0.4, -0.2) is 61.2 Å². The van der Waals surface area contributed by atoms with E-state index in [4.69, 9.17) is 58.5 Å². The molecule has 0 unspecified atom stereocenters. The van der Waals surface area contributed by atoms with Gasteiger partial charge < -0.3 is 23.7 Å². The third-order valence-electron chi connectivity index (χ3n) is 5.25. The van der Waals surface area contributed by atoms with Crippen molar-refractivity contribution in [3.63, 3.8) is 0 Å². The second-order valence-electron chi connectivity index (χ2n) is 9.09. The highest BCUT2D eigenvalue weighted by molar-refractivity contribution is 6.67. The van der Waals surface area contributed by atoms with Gasteiger partial charge in [0.2, 0.25) is 3.79 Å². The number of rotatable bonds is 18. The lowest BCUT2D eigenvalue weighted by atomic mass is 9.77. The number of Topliss-reactive ketones (excluding diaryl/α,β-unsaturated/α-hetero) is 1. The highest BCUT2D eigenvalue weighted by atomic mass is 35.6. The summed E-state index contributed by atoms with van der Waals surface area (Å²) < 4.78 is 26.2. The van der Waals surface area contributed by atoms with E-state index in [9.17, 15) is 9.59 Å². The van der Waals surface area contributed by atoms with Gasteiger partial charge >= 0.3 is 6.16 Å². The molecule has 0 bridgehead atoms. The second-order valence-corrected chi connectivity index (χ2v) is 11.6. The number of ether oxygens (including phenoxy) is 5. The summed E-state index contributed by atoms with van der Waals surface area (Å²) in [4.78, 5) is 26.0. The van der Waals surface area contributed by atoms with Gasteiger partial charge in [-0.3, -0.25) is 4.79 Å². The first-order valence-corrected chi connectivity index (χ1v) is 13.2. The molecule has 0 rings (SSSR count). The van der Waals surface area contributed by atoms with Crippen molar-refractivity contribution in [3.8, 4) is 0 Å². The highest BCUT2D eigenvalue weighted by Gasteiger charge is 2.45. The third kappa shape index (κ3) is 13.1. The zero-order valence-corrected chi connectivity index (χ0v) is 23.9. The SMILES string of the molecule is CCCCOC[C@H](C)[C@H](OC(=O)OCC(Cl)(Cl)Cl)[C@@H](C)C(=O)C(C)(C)C(OCCC)OCCC. The molecule has 0 aliphatic rings. The van der Waals surface area contributed by atoms with E-state index >= 15 is 0 Å². The van der Waals surface area contributed by atoms with Gasteiger partial charge in [0.25, 0.3) is 0 Å². The fourth-order valence-electron chi connectivity index (χ4n) is 3.37. The Labute approximate surface area is 220 Å². The van der Waals surface area contributed by atoms with Crippen molar-refractivity contribution in [3.05, 3.63) is 0 Å². The minimum atomic E-state index is -1.77. The van der Waals surface area contributed by atoms with E-state index in [0.29, 0.717) is 26.4 Å². The predicted octanol–water partition coefficient (Wildman–Crippen LogP) is 6.74. The molecule has 0 fully saturated rings. The van der Waals surface area contributed by atoms with Crippen molar-refractivity contribution in [2.24, 2.45) is 17.3 Å². The van der Waals surface area contributed by atoms with Crippen LogP contribution in [0.25, 0.3) is 0 Å². The number of carbonyl (C=O) groups excluding carboxylic acids is 2. The Morgan fingerprint density at radius 3 is 1.91 bits per heavy atom. The van der Waals surface area contributed by atoms with Crippen LogP contribution < -0.4 is 0 Å². The van der Waals surface area contributed by atoms with E-state index in [1.54, 1.807) is 20.8 Å². The van der Waals surface area contributed by atoms with Gasteiger partial charge in [-0.2, -0.15) is 0 Å². The number of carbonyl (C=O) groups is 2. The third-order valence-corrected chi connectivity index (χ3v) is 5.57. The predicted molar refractivity (Wildman–Crippen MR) is 136 cm³/mol. The summed E-state index contributed by atoms with van der Waals surface area (Å²) in [6.45, 7) is 14.5. The Hall–Kier alpha value is -0.310. The van der Waals surface area contributed by atoms with Crippen molar-refractivity contribution in [1.82, 2.24) is 0 Å². The summed E-state index contributed by atoms with van der Waals surface area (Å²) in [5.41, 5.74) is -0.990. The molecular formula is C24H43Cl3O7. The fourth-order valence-corrected chi connectivity index (χ4v) is 3.54. The van der Waals surface area contributed by atoms with E-state index in [-0.39, 0.29) is 11.7 Å². The van der Waals surface area contributed by atoms with Gasteiger partial charge in [-0.15, -0.1) is 0 Å². The fraction of sp³-hybridized carbons (Fsp3) is 0.917. The Balaban J connectivity index is 5.62. The summed E-state index contributed by atoms with van der Waals surface area (Å²) in [5, 5.41) is 0. The van der Waals surface area contributed by atoms with E-state index < -0.39 is 40.3 Å². The first-order valence-electron chi connectivity index (χ1n) is 12.1. The molecule has 10 heteroatoms. The minimum Gasteiger partial charge on any atom is -0.430 e. The van der Waals surface area contributed by atoms with Gasteiger partial charge in [0.15, 0.2) is 6.29 Å². The lowest BCUT2D eigenvalue weighted by molar-refractivity contribution is -0.204. The van der Waals surface area contributed by atoms with Gasteiger partial charge in [0, 0.05) is 25.7 Å². The van der Waals surface area contributed by atoms with Gasteiger partial charge in [-0.25, -0.2) is 4.79 Å². The molecule has 0 aliphatic heterocycles. The Morgan fingerprint density at radius 2 is 1.44 bits per heavy atom. The van der Waals surface area contributed by atoms with E-state index in [1.807, 2.05) is 20.8 Å². The second kappa shape index (κ2) is 17.2. The molecule has 0 aliphatic carbocycles. The van der Waals surface area contributed by atoms with Crippen LogP contribution >= 0.6 is 34.8 Å². The normalized spacial score (nSPS) is 15.1. The summed E-state index contributed by atoms with van der Waals surface area (Å²) in [7, 11) is 0. The molecular weight excluding hydrogens is 507 g/mol. The van der Waals surface area contributed by atoms with Crippen molar-refractivity contribution < 1.29 is 33.3 Å². The van der Waals surface area contributed by atoms with Crippen LogP contribution in [0.5, 0.6) is 0 Å².